The normalized spacial score (nSPS) is 14.7. The van der Waals surface area contributed by atoms with Gasteiger partial charge < -0.3 is 10.4 Å². The zero-order chi connectivity index (χ0) is 27.9. The summed E-state index contributed by atoms with van der Waals surface area (Å²) in [7, 11) is 0. The molecule has 0 unspecified atom stereocenters. The van der Waals surface area contributed by atoms with Crippen LogP contribution in [0.5, 0.6) is 0 Å². The van der Waals surface area contributed by atoms with Crippen molar-refractivity contribution in [1.82, 2.24) is 25.9 Å². The summed E-state index contributed by atoms with van der Waals surface area (Å²) >= 11 is 6.05. The molecular weight excluding hydrogens is 524 g/mol. The van der Waals surface area contributed by atoms with Crippen molar-refractivity contribution in [1.29, 1.82) is 0 Å². The first-order valence-corrected chi connectivity index (χ1v) is 14.0. The van der Waals surface area contributed by atoms with Gasteiger partial charge in [-0.15, -0.1) is 10.2 Å². The van der Waals surface area contributed by atoms with Crippen LogP contribution in [0.1, 0.15) is 72.8 Å². The number of carbonyl (C=O) groups is 1. The number of halogens is 1. The molecular formula is C31H33ClN6O2. The van der Waals surface area contributed by atoms with E-state index < -0.39 is 6.10 Å². The molecule has 0 saturated heterocycles. The van der Waals surface area contributed by atoms with E-state index in [4.69, 9.17) is 11.6 Å². The molecule has 1 aliphatic carbocycles. The van der Waals surface area contributed by atoms with Crippen molar-refractivity contribution >= 4 is 28.9 Å². The standard InChI is InChI=1S/C31H33ClN6O2/c1-21(23-11-15-27(32)16-12-23)33-31(40)38(28-17-13-25(14-18-28)24-5-3-2-4-6-24)20-22-7-9-26(10-8-22)29(39)19-30-34-36-37-35-30/h5,7-18,21,29,39H,2-4,6,19-20H2,1H3,(H,33,40)(H,34,35,36,37)/t21-,29+/m1/s1. The maximum atomic E-state index is 13.7. The molecule has 0 aliphatic heterocycles. The van der Waals surface area contributed by atoms with Crippen molar-refractivity contribution in [2.45, 2.75) is 57.7 Å². The number of nitrogens with one attached hydrogen (secondary N) is 2. The third kappa shape index (κ3) is 6.94. The van der Waals surface area contributed by atoms with Crippen molar-refractivity contribution in [3.8, 4) is 0 Å². The fourth-order valence-electron chi connectivity index (χ4n) is 4.92. The van der Waals surface area contributed by atoms with Gasteiger partial charge in [0.2, 0.25) is 0 Å². The Labute approximate surface area is 239 Å². The number of aromatic amines is 1. The number of hydrogen-bond acceptors (Lipinski definition) is 5. The molecule has 8 nitrogen and oxygen atoms in total. The number of aromatic nitrogens is 4. The average molecular weight is 557 g/mol. The van der Waals surface area contributed by atoms with Gasteiger partial charge in [0, 0.05) is 17.1 Å². The van der Waals surface area contributed by atoms with Gasteiger partial charge in [-0.05, 0) is 84.7 Å². The predicted molar refractivity (Wildman–Crippen MR) is 157 cm³/mol. The molecule has 0 bridgehead atoms. The van der Waals surface area contributed by atoms with Gasteiger partial charge in [0.05, 0.1) is 18.7 Å². The Morgan fingerprint density at radius 2 is 1.75 bits per heavy atom. The summed E-state index contributed by atoms with van der Waals surface area (Å²) in [6, 6.07) is 22.9. The first-order valence-electron chi connectivity index (χ1n) is 13.6. The number of allylic oxidation sites excluding steroid dienone is 2. The molecule has 3 N–H and O–H groups in total. The number of urea groups is 1. The predicted octanol–water partition coefficient (Wildman–Crippen LogP) is 6.56. The number of aliphatic hydroxyl groups is 1. The summed E-state index contributed by atoms with van der Waals surface area (Å²) in [4.78, 5) is 15.4. The van der Waals surface area contributed by atoms with E-state index in [0.717, 1.165) is 35.2 Å². The van der Waals surface area contributed by atoms with Crippen molar-refractivity contribution in [2.75, 3.05) is 4.90 Å². The maximum absolute atomic E-state index is 13.7. The quantitative estimate of drug-likeness (QED) is 0.216. The largest absolute Gasteiger partial charge is 0.388 e. The number of nitrogens with zero attached hydrogens (tertiary/aromatic N) is 4. The van der Waals surface area contributed by atoms with Crippen LogP contribution in [0.2, 0.25) is 5.02 Å². The van der Waals surface area contributed by atoms with Gasteiger partial charge in [0.25, 0.3) is 0 Å². The van der Waals surface area contributed by atoms with E-state index in [1.807, 2.05) is 67.6 Å². The zero-order valence-electron chi connectivity index (χ0n) is 22.4. The van der Waals surface area contributed by atoms with Crippen LogP contribution in [0.25, 0.3) is 5.57 Å². The van der Waals surface area contributed by atoms with Gasteiger partial charge in [-0.3, -0.25) is 4.90 Å². The third-order valence-corrected chi connectivity index (χ3v) is 7.52. The number of benzene rings is 3. The Kier molecular flexibility index (Phi) is 8.88. The number of aliphatic hydroxyl groups excluding tert-OH is 1. The highest BCUT2D eigenvalue weighted by atomic mass is 35.5. The van der Waals surface area contributed by atoms with Crippen molar-refractivity contribution in [2.24, 2.45) is 0 Å². The van der Waals surface area contributed by atoms with Crippen LogP contribution < -0.4 is 10.2 Å². The van der Waals surface area contributed by atoms with Gasteiger partial charge in [-0.1, -0.05) is 71.4 Å². The van der Waals surface area contributed by atoms with Gasteiger partial charge >= 0.3 is 6.03 Å². The molecule has 0 radical (unpaired) electrons. The van der Waals surface area contributed by atoms with Crippen molar-refractivity contribution in [3.63, 3.8) is 0 Å². The highest BCUT2D eigenvalue weighted by Gasteiger charge is 2.20. The van der Waals surface area contributed by atoms with Gasteiger partial charge in [0.1, 0.15) is 0 Å². The molecule has 0 spiro atoms. The highest BCUT2D eigenvalue weighted by Crippen LogP contribution is 2.29. The molecule has 40 heavy (non-hydrogen) atoms. The Morgan fingerprint density at radius 3 is 2.40 bits per heavy atom. The fourth-order valence-corrected chi connectivity index (χ4v) is 5.05. The first-order chi connectivity index (χ1) is 19.5. The molecule has 206 valence electrons. The Morgan fingerprint density at radius 1 is 1.02 bits per heavy atom. The van der Waals surface area contributed by atoms with E-state index in [-0.39, 0.29) is 18.5 Å². The number of H-pyrrole nitrogens is 1. The monoisotopic (exact) mass is 556 g/mol. The van der Waals surface area contributed by atoms with Crippen LogP contribution >= 0.6 is 11.6 Å². The summed E-state index contributed by atoms with van der Waals surface area (Å²) < 4.78 is 0. The number of tetrazole rings is 1. The van der Waals surface area contributed by atoms with Crippen LogP contribution in [-0.2, 0) is 13.0 Å². The summed E-state index contributed by atoms with van der Waals surface area (Å²) in [5, 5.41) is 28.1. The Hall–Kier alpha value is -4.01. The van der Waals surface area contributed by atoms with Crippen LogP contribution in [-0.4, -0.2) is 31.8 Å². The summed E-state index contributed by atoms with van der Waals surface area (Å²) in [5.74, 6) is 0.446. The van der Waals surface area contributed by atoms with Crippen LogP contribution in [0.4, 0.5) is 10.5 Å². The maximum Gasteiger partial charge on any atom is 0.322 e. The van der Waals surface area contributed by atoms with E-state index in [1.165, 1.54) is 24.0 Å². The van der Waals surface area contributed by atoms with Crippen LogP contribution in [0, 0.1) is 0 Å². The zero-order valence-corrected chi connectivity index (χ0v) is 23.2. The lowest BCUT2D eigenvalue weighted by atomic mass is 9.93. The lowest BCUT2D eigenvalue weighted by Crippen LogP contribution is -2.40. The first kappa shape index (κ1) is 27.6. The van der Waals surface area contributed by atoms with E-state index in [1.54, 1.807) is 4.90 Å². The SMILES string of the molecule is C[C@@H](NC(=O)N(Cc1ccc([C@@H](O)Cc2nn[nH]n2)cc1)c1ccc(C2=CCCCC2)cc1)c1ccc(Cl)cc1. The molecule has 1 heterocycles. The number of rotatable bonds is 9. The lowest BCUT2D eigenvalue weighted by molar-refractivity contribution is 0.176. The molecule has 1 aliphatic rings. The minimum atomic E-state index is -0.757. The van der Waals surface area contributed by atoms with Crippen LogP contribution in [0.3, 0.4) is 0 Å². The summed E-state index contributed by atoms with van der Waals surface area (Å²) in [5.41, 5.74) is 6.03. The molecule has 3 aromatic carbocycles. The summed E-state index contributed by atoms with van der Waals surface area (Å²) in [6.07, 6.45) is 6.49. The molecule has 2 amide bonds. The third-order valence-electron chi connectivity index (χ3n) is 7.27. The van der Waals surface area contributed by atoms with E-state index in [2.05, 4.69) is 44.1 Å². The Balaban J connectivity index is 1.35. The molecule has 2 atom stereocenters. The molecule has 5 rings (SSSR count). The second-order valence-corrected chi connectivity index (χ2v) is 10.6. The van der Waals surface area contributed by atoms with Gasteiger partial charge in [0.15, 0.2) is 5.82 Å². The molecule has 0 saturated carbocycles. The second kappa shape index (κ2) is 12.9. The van der Waals surface area contributed by atoms with Gasteiger partial charge in [-0.25, -0.2) is 4.79 Å². The molecule has 1 aromatic heterocycles. The smallest absolute Gasteiger partial charge is 0.322 e. The number of hydrogen-bond donors (Lipinski definition) is 3. The molecule has 9 heteroatoms. The number of carbonyl (C=O) groups excluding carboxylic acids is 1. The van der Waals surface area contributed by atoms with Crippen molar-refractivity contribution in [3.05, 3.63) is 112 Å². The lowest BCUT2D eigenvalue weighted by Gasteiger charge is -2.26. The number of anilines is 1. The molecule has 0 fully saturated rings. The minimum absolute atomic E-state index is 0.201. The highest BCUT2D eigenvalue weighted by molar-refractivity contribution is 6.30. The van der Waals surface area contributed by atoms with E-state index >= 15 is 0 Å². The minimum Gasteiger partial charge on any atom is -0.388 e. The fraction of sp³-hybridized carbons (Fsp3) is 0.290. The van der Waals surface area contributed by atoms with Gasteiger partial charge in [-0.2, -0.15) is 5.21 Å². The topological polar surface area (TPSA) is 107 Å². The number of amides is 2. The second-order valence-electron chi connectivity index (χ2n) is 10.1. The van der Waals surface area contributed by atoms with Crippen molar-refractivity contribution < 1.29 is 9.90 Å². The van der Waals surface area contributed by atoms with E-state index in [0.29, 0.717) is 17.4 Å². The van der Waals surface area contributed by atoms with E-state index in [9.17, 15) is 9.90 Å². The summed E-state index contributed by atoms with van der Waals surface area (Å²) in [6.45, 7) is 2.32. The average Bonchev–Trinajstić information content (AvgIpc) is 3.50. The molecule has 4 aromatic rings. The Bertz CT molecular complexity index is 1420. The van der Waals surface area contributed by atoms with Crippen LogP contribution in [0.15, 0.2) is 78.9 Å².